The van der Waals surface area contributed by atoms with E-state index in [-0.39, 0.29) is 17.2 Å². The molecule has 0 radical (unpaired) electrons. The minimum absolute atomic E-state index is 0.0861. The predicted molar refractivity (Wildman–Crippen MR) is 106 cm³/mol. The van der Waals surface area contributed by atoms with E-state index < -0.39 is 0 Å². The van der Waals surface area contributed by atoms with Gasteiger partial charge in [0, 0.05) is 20.2 Å². The van der Waals surface area contributed by atoms with E-state index in [2.05, 4.69) is 21.2 Å². The highest BCUT2D eigenvalue weighted by atomic mass is 79.9. The van der Waals surface area contributed by atoms with Crippen molar-refractivity contribution in [3.63, 3.8) is 0 Å². The minimum atomic E-state index is -0.386. The van der Waals surface area contributed by atoms with Gasteiger partial charge < -0.3 is 10.4 Å². The summed E-state index contributed by atoms with van der Waals surface area (Å²) in [6.45, 7) is 0. The minimum Gasteiger partial charge on any atom is -0.507 e. The second-order valence-corrected chi connectivity index (χ2v) is 7.14. The zero-order valence-electron chi connectivity index (χ0n) is 12.8. The van der Waals surface area contributed by atoms with E-state index >= 15 is 0 Å². The summed E-state index contributed by atoms with van der Waals surface area (Å²) in [7, 11) is 0. The van der Waals surface area contributed by atoms with Crippen molar-refractivity contribution in [1.29, 1.82) is 0 Å². The van der Waals surface area contributed by atoms with E-state index in [1.54, 1.807) is 30.3 Å². The number of amides is 1. The van der Waals surface area contributed by atoms with Crippen LogP contribution in [0.15, 0.2) is 65.1 Å². The van der Waals surface area contributed by atoms with E-state index in [0.29, 0.717) is 20.2 Å². The highest BCUT2D eigenvalue weighted by molar-refractivity contribution is 9.10. The molecule has 0 heterocycles. The number of halogens is 3. The summed E-state index contributed by atoms with van der Waals surface area (Å²) in [6.07, 6.45) is 0. The van der Waals surface area contributed by atoms with Crippen LogP contribution in [0.4, 0.5) is 5.69 Å². The number of nitrogens with one attached hydrogen (secondary N) is 1. The number of carbonyl (C=O) groups is 1. The average Bonchev–Trinajstić information content (AvgIpc) is 2.54. The Balaban J connectivity index is 1.79. The van der Waals surface area contributed by atoms with Gasteiger partial charge in [0.15, 0.2) is 0 Å². The van der Waals surface area contributed by atoms with Crippen molar-refractivity contribution in [2.75, 3.05) is 5.32 Å². The van der Waals surface area contributed by atoms with Gasteiger partial charge in [-0.25, -0.2) is 0 Å². The van der Waals surface area contributed by atoms with E-state index in [9.17, 15) is 9.90 Å². The third-order valence-corrected chi connectivity index (χ3v) is 4.47. The van der Waals surface area contributed by atoms with Crippen molar-refractivity contribution in [3.8, 4) is 16.9 Å². The SMILES string of the molecule is O=C(Nc1ccc(-c2cc(Cl)cc(Cl)c2)cc1)c1ccc(Br)cc1O. The molecule has 1 amide bonds. The quantitative estimate of drug-likeness (QED) is 0.500. The van der Waals surface area contributed by atoms with Crippen molar-refractivity contribution in [3.05, 3.63) is 80.7 Å². The van der Waals surface area contributed by atoms with Crippen LogP contribution in [0.3, 0.4) is 0 Å². The molecule has 3 aromatic carbocycles. The van der Waals surface area contributed by atoms with Crippen LogP contribution in [0, 0.1) is 0 Å². The Morgan fingerprint density at radius 1 is 0.880 bits per heavy atom. The van der Waals surface area contributed by atoms with Crippen molar-refractivity contribution in [2.24, 2.45) is 0 Å². The fraction of sp³-hybridized carbons (Fsp3) is 0. The predicted octanol–water partition coefficient (Wildman–Crippen LogP) is 6.38. The summed E-state index contributed by atoms with van der Waals surface area (Å²) in [5.74, 6) is -0.472. The molecule has 0 aliphatic heterocycles. The maximum atomic E-state index is 12.3. The molecule has 0 unspecified atom stereocenters. The zero-order valence-corrected chi connectivity index (χ0v) is 15.9. The lowest BCUT2D eigenvalue weighted by atomic mass is 10.1. The first-order valence-electron chi connectivity index (χ1n) is 7.29. The van der Waals surface area contributed by atoms with E-state index in [0.717, 1.165) is 11.1 Å². The standard InChI is InChI=1S/C19H12BrCl2NO2/c20-13-3-6-17(18(24)9-13)19(25)23-16-4-1-11(2-5-16)12-7-14(21)10-15(22)8-12/h1-10,24H,(H,23,25). The van der Waals surface area contributed by atoms with Crippen molar-refractivity contribution in [1.82, 2.24) is 0 Å². The third-order valence-electron chi connectivity index (χ3n) is 3.54. The molecule has 3 rings (SSSR count). The van der Waals surface area contributed by atoms with Crippen molar-refractivity contribution < 1.29 is 9.90 Å². The lowest BCUT2D eigenvalue weighted by Crippen LogP contribution is -2.11. The molecule has 0 saturated heterocycles. The number of hydrogen-bond acceptors (Lipinski definition) is 2. The van der Waals surface area contributed by atoms with E-state index in [1.165, 1.54) is 6.07 Å². The van der Waals surface area contributed by atoms with Crippen LogP contribution in [0.1, 0.15) is 10.4 Å². The maximum absolute atomic E-state index is 12.3. The number of aromatic hydroxyl groups is 1. The van der Waals surface area contributed by atoms with Crippen LogP contribution >= 0.6 is 39.1 Å². The van der Waals surface area contributed by atoms with Crippen LogP contribution in [0.5, 0.6) is 5.75 Å². The molecule has 0 atom stereocenters. The van der Waals surface area contributed by atoms with E-state index in [4.69, 9.17) is 23.2 Å². The number of phenolic OH excluding ortho intramolecular Hbond substituents is 1. The van der Waals surface area contributed by atoms with Gasteiger partial charge in [0.2, 0.25) is 0 Å². The molecule has 0 aliphatic carbocycles. The highest BCUT2D eigenvalue weighted by Gasteiger charge is 2.11. The molecular formula is C19H12BrCl2NO2. The van der Waals surface area contributed by atoms with Gasteiger partial charge in [-0.1, -0.05) is 51.3 Å². The molecule has 0 bridgehead atoms. The molecule has 0 spiro atoms. The van der Waals surface area contributed by atoms with Crippen LogP contribution in [0.25, 0.3) is 11.1 Å². The van der Waals surface area contributed by atoms with Crippen LogP contribution in [-0.2, 0) is 0 Å². The normalized spacial score (nSPS) is 10.5. The Morgan fingerprint density at radius 2 is 1.52 bits per heavy atom. The summed E-state index contributed by atoms with van der Waals surface area (Å²) in [4.78, 5) is 12.3. The Labute approximate surface area is 163 Å². The number of carbonyl (C=O) groups excluding carboxylic acids is 1. The second kappa shape index (κ2) is 7.48. The number of anilines is 1. The van der Waals surface area contributed by atoms with Gasteiger partial charge in [-0.05, 0) is 59.7 Å². The van der Waals surface area contributed by atoms with Crippen LogP contribution in [0.2, 0.25) is 10.0 Å². The molecule has 0 aromatic heterocycles. The van der Waals surface area contributed by atoms with Crippen molar-refractivity contribution >= 4 is 50.7 Å². The van der Waals surface area contributed by atoms with Gasteiger partial charge in [-0.3, -0.25) is 4.79 Å². The van der Waals surface area contributed by atoms with Gasteiger partial charge in [0.25, 0.3) is 5.91 Å². The molecule has 3 aromatic rings. The van der Waals surface area contributed by atoms with Crippen LogP contribution < -0.4 is 5.32 Å². The molecule has 2 N–H and O–H groups in total. The summed E-state index contributed by atoms with van der Waals surface area (Å²) in [5, 5.41) is 13.7. The molecule has 0 fully saturated rings. The second-order valence-electron chi connectivity index (χ2n) is 5.35. The lowest BCUT2D eigenvalue weighted by molar-refractivity contribution is 0.102. The van der Waals surface area contributed by atoms with Gasteiger partial charge in [0.1, 0.15) is 5.75 Å². The molecule has 0 aliphatic rings. The molecule has 3 nitrogen and oxygen atoms in total. The van der Waals surface area contributed by atoms with E-state index in [1.807, 2.05) is 24.3 Å². The fourth-order valence-electron chi connectivity index (χ4n) is 2.36. The maximum Gasteiger partial charge on any atom is 0.259 e. The monoisotopic (exact) mass is 435 g/mol. The Morgan fingerprint density at radius 3 is 2.12 bits per heavy atom. The number of benzene rings is 3. The summed E-state index contributed by atoms with van der Waals surface area (Å²) in [6, 6.07) is 17.3. The summed E-state index contributed by atoms with van der Waals surface area (Å²) < 4.78 is 0.700. The smallest absolute Gasteiger partial charge is 0.259 e. The Bertz CT molecular complexity index is 922. The van der Waals surface area contributed by atoms with Crippen LogP contribution in [-0.4, -0.2) is 11.0 Å². The Hall–Kier alpha value is -2.01. The fourth-order valence-corrected chi connectivity index (χ4v) is 3.24. The molecular weight excluding hydrogens is 425 g/mol. The molecule has 25 heavy (non-hydrogen) atoms. The number of hydrogen-bond donors (Lipinski definition) is 2. The van der Waals surface area contributed by atoms with Gasteiger partial charge >= 0.3 is 0 Å². The third kappa shape index (κ3) is 4.34. The van der Waals surface area contributed by atoms with Gasteiger partial charge in [-0.2, -0.15) is 0 Å². The first-order valence-corrected chi connectivity index (χ1v) is 8.84. The number of phenols is 1. The largest absolute Gasteiger partial charge is 0.507 e. The summed E-state index contributed by atoms with van der Waals surface area (Å²) in [5.41, 5.74) is 2.63. The molecule has 6 heteroatoms. The average molecular weight is 437 g/mol. The highest BCUT2D eigenvalue weighted by Crippen LogP contribution is 2.28. The zero-order chi connectivity index (χ0) is 18.0. The lowest BCUT2D eigenvalue weighted by Gasteiger charge is -2.09. The first kappa shape index (κ1) is 17.8. The Kier molecular flexibility index (Phi) is 5.33. The molecule has 126 valence electrons. The number of rotatable bonds is 3. The van der Waals surface area contributed by atoms with Gasteiger partial charge in [-0.15, -0.1) is 0 Å². The topological polar surface area (TPSA) is 49.3 Å². The first-order chi connectivity index (χ1) is 11.9. The summed E-state index contributed by atoms with van der Waals surface area (Å²) >= 11 is 15.3. The van der Waals surface area contributed by atoms with Gasteiger partial charge in [0.05, 0.1) is 5.56 Å². The molecule has 0 saturated carbocycles. The van der Waals surface area contributed by atoms with Crippen molar-refractivity contribution in [2.45, 2.75) is 0 Å².